The summed E-state index contributed by atoms with van der Waals surface area (Å²) in [7, 11) is 0. The normalized spacial score (nSPS) is 18.6. The molecular weight excluding hydrogens is 368 g/mol. The minimum absolute atomic E-state index is 0.397. The second kappa shape index (κ2) is 8.08. The molecule has 29 heavy (non-hydrogen) atoms. The van der Waals surface area contributed by atoms with Gasteiger partial charge in [0.05, 0.1) is 11.9 Å². The van der Waals surface area contributed by atoms with Crippen molar-refractivity contribution >= 4 is 5.82 Å². The lowest BCUT2D eigenvalue weighted by molar-refractivity contribution is 0.171. The van der Waals surface area contributed by atoms with Crippen molar-refractivity contribution in [2.24, 2.45) is 0 Å². The average molecular weight is 392 g/mol. The molecule has 2 aromatic heterocycles. The van der Waals surface area contributed by atoms with Crippen LogP contribution in [0.15, 0.2) is 42.7 Å². The summed E-state index contributed by atoms with van der Waals surface area (Å²) in [4.78, 5) is 2.30. The van der Waals surface area contributed by atoms with Crippen molar-refractivity contribution in [3.05, 3.63) is 48.3 Å². The molecule has 2 N–H and O–H groups in total. The molecule has 1 fully saturated rings. The van der Waals surface area contributed by atoms with E-state index in [4.69, 9.17) is 9.47 Å². The predicted molar refractivity (Wildman–Crippen MR) is 109 cm³/mol. The molecule has 0 aliphatic carbocycles. The molecule has 3 aromatic rings. The molecular formula is C21H24N6O2. The van der Waals surface area contributed by atoms with Crippen molar-refractivity contribution in [3.8, 4) is 22.8 Å². The second-order valence-corrected chi connectivity index (χ2v) is 7.38. The average Bonchev–Trinajstić information content (AvgIpc) is 3.27. The van der Waals surface area contributed by atoms with Gasteiger partial charge in [-0.05, 0) is 43.2 Å². The number of aromatic amines is 1. The fraction of sp³-hybridized carbons (Fsp3) is 0.381. The van der Waals surface area contributed by atoms with Gasteiger partial charge < -0.3 is 19.7 Å². The van der Waals surface area contributed by atoms with Gasteiger partial charge in [-0.15, -0.1) is 5.10 Å². The van der Waals surface area contributed by atoms with Gasteiger partial charge in [-0.2, -0.15) is 10.2 Å². The zero-order valence-corrected chi connectivity index (χ0v) is 16.2. The van der Waals surface area contributed by atoms with Crippen molar-refractivity contribution in [1.82, 2.24) is 25.7 Å². The van der Waals surface area contributed by atoms with Gasteiger partial charge in [0.1, 0.15) is 13.2 Å². The molecule has 5 rings (SSSR count). The lowest BCUT2D eigenvalue weighted by Gasteiger charge is -2.33. The third-order valence-electron chi connectivity index (χ3n) is 5.43. The van der Waals surface area contributed by atoms with Crippen molar-refractivity contribution in [3.63, 3.8) is 0 Å². The van der Waals surface area contributed by atoms with Gasteiger partial charge in [0.2, 0.25) is 0 Å². The molecule has 1 atom stereocenters. The number of anilines is 1. The van der Waals surface area contributed by atoms with Crippen LogP contribution in [0.25, 0.3) is 11.3 Å². The zero-order valence-electron chi connectivity index (χ0n) is 16.2. The minimum atomic E-state index is 0.397. The van der Waals surface area contributed by atoms with Crippen LogP contribution >= 0.6 is 0 Å². The maximum absolute atomic E-state index is 5.72. The monoisotopic (exact) mass is 392 g/mol. The number of hydrogen-bond acceptors (Lipinski definition) is 7. The first-order valence-electron chi connectivity index (χ1n) is 10.0. The molecule has 0 saturated carbocycles. The van der Waals surface area contributed by atoms with E-state index >= 15 is 0 Å². The number of nitrogens with zero attached hydrogens (tertiary/aromatic N) is 4. The number of nitrogens with one attached hydrogen (secondary N) is 2. The van der Waals surface area contributed by atoms with E-state index in [-0.39, 0.29) is 0 Å². The molecule has 0 bridgehead atoms. The van der Waals surface area contributed by atoms with Crippen molar-refractivity contribution in [2.45, 2.75) is 25.4 Å². The Hall–Kier alpha value is -3.13. The smallest absolute Gasteiger partial charge is 0.162 e. The Morgan fingerprint density at radius 3 is 3.00 bits per heavy atom. The topological polar surface area (TPSA) is 88.2 Å². The Morgan fingerprint density at radius 2 is 2.10 bits per heavy atom. The van der Waals surface area contributed by atoms with Crippen LogP contribution in [0, 0.1) is 0 Å². The highest BCUT2D eigenvalue weighted by atomic mass is 16.6. The van der Waals surface area contributed by atoms with Gasteiger partial charge in [0, 0.05) is 43.0 Å². The second-order valence-electron chi connectivity index (χ2n) is 7.38. The van der Waals surface area contributed by atoms with E-state index in [2.05, 4.69) is 30.6 Å². The quantitative estimate of drug-likeness (QED) is 0.689. The highest BCUT2D eigenvalue weighted by Gasteiger charge is 2.21. The van der Waals surface area contributed by atoms with E-state index in [0.717, 1.165) is 66.6 Å². The Morgan fingerprint density at radius 1 is 1.17 bits per heavy atom. The number of hydrogen-bond donors (Lipinski definition) is 2. The third-order valence-corrected chi connectivity index (χ3v) is 5.43. The highest BCUT2D eigenvalue weighted by Crippen LogP contribution is 2.34. The molecule has 0 radical (unpaired) electrons. The number of benzene rings is 1. The summed E-state index contributed by atoms with van der Waals surface area (Å²) in [6, 6.07) is 10.4. The number of H-pyrrole nitrogens is 1. The molecule has 8 nitrogen and oxygen atoms in total. The molecule has 150 valence electrons. The number of aromatic nitrogens is 4. The summed E-state index contributed by atoms with van der Waals surface area (Å²) in [6.07, 6.45) is 5.88. The van der Waals surface area contributed by atoms with E-state index < -0.39 is 0 Å². The van der Waals surface area contributed by atoms with Crippen LogP contribution in [-0.4, -0.2) is 52.7 Å². The fourth-order valence-corrected chi connectivity index (χ4v) is 3.96. The molecule has 8 heteroatoms. The summed E-state index contributed by atoms with van der Waals surface area (Å²) in [5.74, 6) is 2.53. The lowest BCUT2D eigenvalue weighted by atomic mass is 10.0. The first kappa shape index (κ1) is 17.9. The van der Waals surface area contributed by atoms with Crippen LogP contribution in [-0.2, 0) is 6.54 Å². The Labute approximate surface area is 169 Å². The molecule has 1 saturated heterocycles. The van der Waals surface area contributed by atoms with Gasteiger partial charge in [0.15, 0.2) is 17.3 Å². The number of rotatable bonds is 5. The van der Waals surface area contributed by atoms with E-state index in [9.17, 15) is 0 Å². The van der Waals surface area contributed by atoms with Crippen LogP contribution in [0.4, 0.5) is 5.82 Å². The summed E-state index contributed by atoms with van der Waals surface area (Å²) in [5.41, 5.74) is 3.20. The summed E-state index contributed by atoms with van der Waals surface area (Å²) in [6.45, 7) is 3.87. The Bertz CT molecular complexity index is 961. The summed E-state index contributed by atoms with van der Waals surface area (Å²) >= 11 is 0. The Kier molecular flexibility index (Phi) is 5.00. The van der Waals surface area contributed by atoms with Crippen molar-refractivity contribution in [2.75, 3.05) is 31.2 Å². The summed E-state index contributed by atoms with van der Waals surface area (Å²) in [5, 5.41) is 19.3. The largest absolute Gasteiger partial charge is 0.486 e. The van der Waals surface area contributed by atoms with Gasteiger partial charge >= 0.3 is 0 Å². The van der Waals surface area contributed by atoms with Crippen molar-refractivity contribution in [1.29, 1.82) is 0 Å². The highest BCUT2D eigenvalue weighted by molar-refractivity contribution is 5.66. The minimum Gasteiger partial charge on any atom is -0.486 e. The standard InChI is InChI=1S/C21H24N6O2/c1-4-20(25-23-7-1)27-8-2-3-17(14-27)22-12-16-13-24-26-21(16)15-5-6-18-19(11-15)29-10-9-28-18/h1,4-7,11,13,17,22H,2-3,8-10,12,14H2,(H,24,26). The van der Waals surface area contributed by atoms with Crippen LogP contribution < -0.4 is 19.7 Å². The molecule has 1 unspecified atom stereocenters. The number of fused-ring (bicyclic) bond motifs is 1. The Balaban J connectivity index is 1.26. The zero-order chi connectivity index (χ0) is 19.5. The molecule has 0 spiro atoms. The first-order valence-corrected chi connectivity index (χ1v) is 10.0. The van der Waals surface area contributed by atoms with Crippen LogP contribution in [0.2, 0.25) is 0 Å². The molecule has 4 heterocycles. The maximum atomic E-state index is 5.72. The molecule has 2 aliphatic rings. The van der Waals surface area contributed by atoms with Crippen LogP contribution in [0.3, 0.4) is 0 Å². The van der Waals surface area contributed by atoms with E-state index in [1.165, 1.54) is 0 Å². The molecule has 1 aromatic carbocycles. The molecule has 0 amide bonds. The summed E-state index contributed by atoms with van der Waals surface area (Å²) < 4.78 is 11.3. The van der Waals surface area contributed by atoms with Crippen LogP contribution in [0.5, 0.6) is 11.5 Å². The van der Waals surface area contributed by atoms with Gasteiger partial charge in [-0.1, -0.05) is 0 Å². The number of piperidine rings is 1. The predicted octanol–water partition coefficient (Wildman–Crippen LogP) is 2.40. The van der Waals surface area contributed by atoms with E-state index in [1.807, 2.05) is 36.5 Å². The third kappa shape index (κ3) is 3.88. The van der Waals surface area contributed by atoms with Gasteiger partial charge in [0.25, 0.3) is 0 Å². The van der Waals surface area contributed by atoms with Crippen LogP contribution in [0.1, 0.15) is 18.4 Å². The maximum Gasteiger partial charge on any atom is 0.162 e. The SMILES string of the molecule is c1cnnc(N2CCCC(NCc3cn[nH]c3-c3ccc4c(c3)OCCO4)C2)c1. The van der Waals surface area contributed by atoms with Gasteiger partial charge in [-0.25, -0.2) is 0 Å². The van der Waals surface area contributed by atoms with Crippen molar-refractivity contribution < 1.29 is 9.47 Å². The van der Waals surface area contributed by atoms with E-state index in [1.54, 1.807) is 6.20 Å². The fourth-order valence-electron chi connectivity index (χ4n) is 3.96. The molecule has 2 aliphatic heterocycles. The van der Waals surface area contributed by atoms with E-state index in [0.29, 0.717) is 19.3 Å². The van der Waals surface area contributed by atoms with Gasteiger partial charge in [-0.3, -0.25) is 5.10 Å². The first-order chi connectivity index (χ1) is 14.4. The lowest BCUT2D eigenvalue weighted by Crippen LogP contribution is -2.45. The number of ether oxygens (including phenoxy) is 2.